The largest absolute Gasteiger partial charge is 0.481 e. The van der Waals surface area contributed by atoms with E-state index in [2.05, 4.69) is 5.32 Å². The van der Waals surface area contributed by atoms with Crippen molar-refractivity contribution >= 4 is 5.97 Å². The smallest absolute Gasteiger partial charge is 0.304 e. The first kappa shape index (κ1) is 15.6. The van der Waals surface area contributed by atoms with Crippen LogP contribution in [0.5, 0.6) is 0 Å². The summed E-state index contributed by atoms with van der Waals surface area (Å²) in [7, 11) is 0. The van der Waals surface area contributed by atoms with Crippen LogP contribution in [0.1, 0.15) is 31.7 Å². The zero-order valence-electron chi connectivity index (χ0n) is 11.0. The topological polar surface area (TPSA) is 49.3 Å². The lowest BCUT2D eigenvalue weighted by molar-refractivity contribution is -0.137. The highest BCUT2D eigenvalue weighted by Crippen LogP contribution is 2.13. The molecule has 3 nitrogen and oxygen atoms in total. The Morgan fingerprint density at radius 3 is 2.79 bits per heavy atom. The van der Waals surface area contributed by atoms with E-state index in [9.17, 15) is 13.6 Å². The van der Waals surface area contributed by atoms with Crippen LogP contribution in [0.25, 0.3) is 0 Å². The number of carboxylic acids is 1. The molecule has 0 amide bonds. The summed E-state index contributed by atoms with van der Waals surface area (Å²) in [6.07, 6.45) is 1.96. The maximum atomic E-state index is 13.5. The summed E-state index contributed by atoms with van der Waals surface area (Å²) in [5, 5.41) is 11.9. The molecular weight excluding hydrogens is 252 g/mol. The molecule has 0 fully saturated rings. The number of aliphatic carboxylic acids is 1. The van der Waals surface area contributed by atoms with Gasteiger partial charge in [-0.1, -0.05) is 13.3 Å². The summed E-state index contributed by atoms with van der Waals surface area (Å²) in [5.41, 5.74) is 0.204. The number of hydrogen-bond acceptors (Lipinski definition) is 2. The highest BCUT2D eigenvalue weighted by atomic mass is 19.1. The number of benzene rings is 1. The quantitative estimate of drug-likeness (QED) is 0.715. The average molecular weight is 271 g/mol. The van der Waals surface area contributed by atoms with E-state index in [0.29, 0.717) is 6.54 Å². The van der Waals surface area contributed by atoms with Crippen molar-refractivity contribution in [2.24, 2.45) is 0 Å². The van der Waals surface area contributed by atoms with Crippen molar-refractivity contribution in [2.45, 2.75) is 38.6 Å². The number of rotatable bonds is 8. The highest BCUT2D eigenvalue weighted by Gasteiger charge is 2.15. The number of halogens is 2. The fourth-order valence-electron chi connectivity index (χ4n) is 1.88. The molecule has 0 spiro atoms. The zero-order chi connectivity index (χ0) is 14.3. The van der Waals surface area contributed by atoms with E-state index in [1.165, 1.54) is 0 Å². The number of unbranched alkanes of at least 4 members (excludes halogenated alkanes) is 1. The minimum atomic E-state index is -0.953. The van der Waals surface area contributed by atoms with Crippen LogP contribution in [0.2, 0.25) is 0 Å². The Hall–Kier alpha value is -1.49. The number of hydrogen-bond donors (Lipinski definition) is 2. The van der Waals surface area contributed by atoms with Gasteiger partial charge in [-0.2, -0.15) is 0 Å². The first-order chi connectivity index (χ1) is 9.02. The third-order valence-corrected chi connectivity index (χ3v) is 2.86. The molecule has 0 saturated heterocycles. The molecule has 0 heterocycles. The molecule has 106 valence electrons. The molecule has 0 aromatic heterocycles. The maximum absolute atomic E-state index is 13.5. The van der Waals surface area contributed by atoms with Crippen molar-refractivity contribution in [3.63, 3.8) is 0 Å². The molecule has 0 radical (unpaired) electrons. The molecule has 0 aliphatic rings. The predicted octanol–water partition coefficient (Wildman–Crippen LogP) is 2.74. The molecular formula is C14H19F2NO2. The molecule has 0 saturated carbocycles. The van der Waals surface area contributed by atoms with Gasteiger partial charge in [-0.25, -0.2) is 8.78 Å². The number of carboxylic acid groups (broad SMARTS) is 1. The molecule has 0 aliphatic carbocycles. The summed E-state index contributed by atoms with van der Waals surface area (Å²) in [4.78, 5) is 10.8. The van der Waals surface area contributed by atoms with Crippen LogP contribution < -0.4 is 5.32 Å². The third kappa shape index (κ3) is 5.79. The maximum Gasteiger partial charge on any atom is 0.304 e. The van der Waals surface area contributed by atoms with Crippen molar-refractivity contribution in [1.82, 2.24) is 5.32 Å². The molecule has 0 aliphatic heterocycles. The van der Waals surface area contributed by atoms with Crippen LogP contribution >= 0.6 is 0 Å². The summed E-state index contributed by atoms with van der Waals surface area (Å²) < 4.78 is 26.6. The van der Waals surface area contributed by atoms with Gasteiger partial charge >= 0.3 is 5.97 Å². The normalized spacial score (nSPS) is 12.4. The Bertz CT molecular complexity index is 424. The zero-order valence-corrected chi connectivity index (χ0v) is 11.0. The van der Waals surface area contributed by atoms with Crippen LogP contribution in [0.4, 0.5) is 8.78 Å². The molecule has 5 heteroatoms. The predicted molar refractivity (Wildman–Crippen MR) is 69.0 cm³/mol. The van der Waals surface area contributed by atoms with Gasteiger partial charge in [0, 0.05) is 6.04 Å². The van der Waals surface area contributed by atoms with Gasteiger partial charge in [0.1, 0.15) is 11.6 Å². The van der Waals surface area contributed by atoms with E-state index in [0.717, 1.165) is 31.0 Å². The molecule has 0 bridgehead atoms. The van der Waals surface area contributed by atoms with Crippen LogP contribution in [0.15, 0.2) is 18.2 Å². The van der Waals surface area contributed by atoms with Crippen molar-refractivity contribution in [3.8, 4) is 0 Å². The van der Waals surface area contributed by atoms with Gasteiger partial charge in [0.05, 0.1) is 6.42 Å². The van der Waals surface area contributed by atoms with Crippen molar-refractivity contribution in [1.29, 1.82) is 0 Å². The van der Waals surface area contributed by atoms with Gasteiger partial charge in [-0.15, -0.1) is 0 Å². The lowest BCUT2D eigenvalue weighted by Crippen LogP contribution is -2.34. The summed E-state index contributed by atoms with van der Waals surface area (Å²) in [5.74, 6) is -1.97. The van der Waals surface area contributed by atoms with Gasteiger partial charge in [0.2, 0.25) is 0 Å². The summed E-state index contributed by atoms with van der Waals surface area (Å²) in [6.45, 7) is 2.70. The monoisotopic (exact) mass is 271 g/mol. The molecule has 2 N–H and O–H groups in total. The van der Waals surface area contributed by atoms with Crippen LogP contribution in [0.3, 0.4) is 0 Å². The molecule has 1 aromatic carbocycles. The van der Waals surface area contributed by atoms with Gasteiger partial charge in [-0.3, -0.25) is 4.79 Å². The van der Waals surface area contributed by atoms with E-state index in [1.54, 1.807) is 0 Å². The second kappa shape index (κ2) is 7.84. The lowest BCUT2D eigenvalue weighted by atomic mass is 10.0. The minimum absolute atomic E-state index is 0.111. The second-order valence-corrected chi connectivity index (χ2v) is 4.54. The van der Waals surface area contributed by atoms with Crippen LogP contribution in [-0.4, -0.2) is 23.7 Å². The fraction of sp³-hybridized carbons (Fsp3) is 0.500. The molecule has 19 heavy (non-hydrogen) atoms. The van der Waals surface area contributed by atoms with E-state index in [-0.39, 0.29) is 24.4 Å². The Labute approximate surface area is 111 Å². The Kier molecular flexibility index (Phi) is 6.42. The second-order valence-electron chi connectivity index (χ2n) is 4.54. The van der Waals surface area contributed by atoms with Gasteiger partial charge in [0.25, 0.3) is 0 Å². The SMILES string of the molecule is CCCCNC(CC(=O)O)Cc1cc(F)ccc1F. The van der Waals surface area contributed by atoms with Crippen LogP contribution in [0, 0.1) is 11.6 Å². The minimum Gasteiger partial charge on any atom is -0.481 e. The van der Waals surface area contributed by atoms with Crippen LogP contribution in [-0.2, 0) is 11.2 Å². The van der Waals surface area contributed by atoms with E-state index >= 15 is 0 Å². The number of nitrogens with one attached hydrogen (secondary N) is 1. The Balaban J connectivity index is 2.69. The molecule has 1 rings (SSSR count). The molecule has 1 unspecified atom stereocenters. The highest BCUT2D eigenvalue weighted by molar-refractivity contribution is 5.67. The molecule has 1 atom stereocenters. The van der Waals surface area contributed by atoms with E-state index < -0.39 is 17.6 Å². The fourth-order valence-corrected chi connectivity index (χ4v) is 1.88. The van der Waals surface area contributed by atoms with Crippen molar-refractivity contribution in [3.05, 3.63) is 35.4 Å². The Morgan fingerprint density at radius 2 is 2.16 bits per heavy atom. The summed E-state index contributed by atoms with van der Waals surface area (Å²) in [6, 6.07) is 2.84. The van der Waals surface area contributed by atoms with Gasteiger partial charge in [-0.05, 0) is 43.1 Å². The standard InChI is InChI=1S/C14H19F2NO2/c1-2-3-6-17-12(9-14(18)19)8-10-7-11(15)4-5-13(10)16/h4-5,7,12,17H,2-3,6,8-9H2,1H3,(H,18,19). The first-order valence-electron chi connectivity index (χ1n) is 6.42. The lowest BCUT2D eigenvalue weighted by Gasteiger charge is -2.17. The first-order valence-corrected chi connectivity index (χ1v) is 6.42. The van der Waals surface area contributed by atoms with Gasteiger partial charge in [0.15, 0.2) is 0 Å². The average Bonchev–Trinajstić information content (AvgIpc) is 2.33. The van der Waals surface area contributed by atoms with Gasteiger partial charge < -0.3 is 10.4 Å². The molecule has 1 aromatic rings. The Morgan fingerprint density at radius 1 is 1.42 bits per heavy atom. The van der Waals surface area contributed by atoms with Crippen molar-refractivity contribution < 1.29 is 18.7 Å². The third-order valence-electron chi connectivity index (χ3n) is 2.86. The summed E-state index contributed by atoms with van der Waals surface area (Å²) >= 11 is 0. The number of carbonyl (C=O) groups is 1. The van der Waals surface area contributed by atoms with E-state index in [1.807, 2.05) is 6.92 Å². The van der Waals surface area contributed by atoms with E-state index in [4.69, 9.17) is 5.11 Å². The van der Waals surface area contributed by atoms with Crippen molar-refractivity contribution in [2.75, 3.05) is 6.54 Å².